The first kappa shape index (κ1) is 21.2. The minimum Gasteiger partial charge on any atom is -0.417 e. The number of rotatable bonds is 4. The molecule has 0 bridgehead atoms. The van der Waals surface area contributed by atoms with Crippen molar-refractivity contribution in [2.24, 2.45) is 0 Å². The molecule has 164 valence electrons. The fourth-order valence-corrected chi connectivity index (χ4v) is 3.82. The molecule has 4 rings (SSSR count). The molecular weight excluding hydrogens is 421 g/mol. The Labute approximate surface area is 173 Å². The number of para-hydroxylation sites is 1. The third kappa shape index (κ3) is 4.53. The van der Waals surface area contributed by atoms with E-state index in [-0.39, 0.29) is 23.7 Å². The summed E-state index contributed by atoms with van der Waals surface area (Å²) in [6.07, 6.45) is -3.68. The smallest absolute Gasteiger partial charge is 0.417 e. The number of halogens is 5. The highest BCUT2D eigenvalue weighted by molar-refractivity contribution is 5.87. The molecule has 0 aliphatic carbocycles. The molecule has 0 radical (unpaired) electrons. The number of alkyl halides is 3. The van der Waals surface area contributed by atoms with Crippen molar-refractivity contribution in [2.45, 2.75) is 31.5 Å². The molecule has 1 aromatic heterocycles. The number of piperidine rings is 1. The summed E-state index contributed by atoms with van der Waals surface area (Å²) >= 11 is 0. The van der Waals surface area contributed by atoms with Gasteiger partial charge in [-0.2, -0.15) is 13.2 Å². The average molecular weight is 439 g/mol. The van der Waals surface area contributed by atoms with Crippen LogP contribution in [-0.2, 0) is 11.3 Å². The van der Waals surface area contributed by atoms with Crippen molar-refractivity contribution < 1.29 is 31.5 Å². The molecule has 10 heteroatoms. The van der Waals surface area contributed by atoms with Gasteiger partial charge in [0.1, 0.15) is 23.0 Å². The third-order valence-electron chi connectivity index (χ3n) is 5.17. The van der Waals surface area contributed by atoms with Gasteiger partial charge in [0.25, 0.3) is 0 Å². The summed E-state index contributed by atoms with van der Waals surface area (Å²) in [5.74, 6) is -3.58. The van der Waals surface area contributed by atoms with Crippen LogP contribution in [0, 0.1) is 11.6 Å². The molecule has 0 saturated carbocycles. The van der Waals surface area contributed by atoms with E-state index in [0.717, 1.165) is 32.0 Å². The third-order valence-corrected chi connectivity index (χ3v) is 5.17. The summed E-state index contributed by atoms with van der Waals surface area (Å²) in [6.45, 7) is 1.53. The lowest BCUT2D eigenvalue weighted by Crippen LogP contribution is -2.28. The van der Waals surface area contributed by atoms with Gasteiger partial charge in [-0.25, -0.2) is 18.6 Å². The van der Waals surface area contributed by atoms with E-state index in [0.29, 0.717) is 16.9 Å². The number of fused-ring (bicyclic) bond motifs is 1. The molecule has 2 aromatic carbocycles. The van der Waals surface area contributed by atoms with Crippen LogP contribution in [0.3, 0.4) is 0 Å². The van der Waals surface area contributed by atoms with Gasteiger partial charge in [-0.05, 0) is 55.8 Å². The van der Waals surface area contributed by atoms with Gasteiger partial charge in [0.2, 0.25) is 0 Å². The van der Waals surface area contributed by atoms with Crippen molar-refractivity contribution in [3.63, 3.8) is 0 Å². The number of nitrogens with one attached hydrogen (secondary N) is 1. The SMILES string of the molecule is O=C(Oc1cccc2c1nc(C1CCNCC1)n2Cc1cc(F)cc(F)c1)C(F)(F)F. The minimum absolute atomic E-state index is 0.0155. The zero-order valence-corrected chi connectivity index (χ0v) is 16.2. The number of carbonyl (C=O) groups is 1. The van der Waals surface area contributed by atoms with Crippen LogP contribution in [-0.4, -0.2) is 34.8 Å². The van der Waals surface area contributed by atoms with E-state index in [2.05, 4.69) is 15.0 Å². The summed E-state index contributed by atoms with van der Waals surface area (Å²) in [4.78, 5) is 15.9. The first-order valence-corrected chi connectivity index (χ1v) is 9.66. The highest BCUT2D eigenvalue weighted by Gasteiger charge is 2.41. The van der Waals surface area contributed by atoms with E-state index in [9.17, 15) is 26.7 Å². The van der Waals surface area contributed by atoms with Crippen LogP contribution in [0.4, 0.5) is 22.0 Å². The number of hydrogen-bond donors (Lipinski definition) is 1. The fraction of sp³-hybridized carbons (Fsp3) is 0.333. The van der Waals surface area contributed by atoms with Crippen LogP contribution < -0.4 is 10.1 Å². The highest BCUT2D eigenvalue weighted by atomic mass is 19.4. The monoisotopic (exact) mass is 439 g/mol. The van der Waals surface area contributed by atoms with E-state index in [1.54, 1.807) is 10.6 Å². The number of hydrogen-bond acceptors (Lipinski definition) is 4. The number of esters is 1. The Morgan fingerprint density at radius 3 is 2.45 bits per heavy atom. The molecule has 0 atom stereocenters. The lowest BCUT2D eigenvalue weighted by Gasteiger charge is -2.23. The largest absolute Gasteiger partial charge is 0.491 e. The molecule has 1 fully saturated rings. The van der Waals surface area contributed by atoms with Crippen molar-refractivity contribution in [3.8, 4) is 5.75 Å². The summed E-state index contributed by atoms with van der Waals surface area (Å²) in [7, 11) is 0. The second-order valence-corrected chi connectivity index (χ2v) is 7.37. The molecular formula is C21H18F5N3O2. The standard InChI is InChI=1S/C21H18F5N3O2/c22-14-8-12(9-15(23)10-14)11-29-16-2-1-3-17(31-20(30)21(24,25)26)18(16)28-19(29)13-4-6-27-7-5-13/h1-3,8-10,13,27H,4-7,11H2. The summed E-state index contributed by atoms with van der Waals surface area (Å²) in [6, 6.07) is 7.43. The molecule has 1 aliphatic rings. The van der Waals surface area contributed by atoms with E-state index in [1.807, 2.05) is 0 Å². The lowest BCUT2D eigenvalue weighted by molar-refractivity contribution is -0.189. The molecule has 3 aromatic rings. The van der Waals surface area contributed by atoms with Crippen LogP contribution in [0.15, 0.2) is 36.4 Å². The van der Waals surface area contributed by atoms with Crippen LogP contribution >= 0.6 is 0 Å². The molecule has 0 spiro atoms. The summed E-state index contributed by atoms with van der Waals surface area (Å²) in [5.41, 5.74) is 0.834. The van der Waals surface area contributed by atoms with Gasteiger partial charge in [-0.15, -0.1) is 0 Å². The van der Waals surface area contributed by atoms with Crippen molar-refractivity contribution in [1.82, 2.24) is 14.9 Å². The normalized spacial score (nSPS) is 15.4. The van der Waals surface area contributed by atoms with Crippen LogP contribution in [0.2, 0.25) is 0 Å². The van der Waals surface area contributed by atoms with Gasteiger partial charge in [-0.1, -0.05) is 6.07 Å². The Morgan fingerprint density at radius 2 is 1.81 bits per heavy atom. The molecule has 5 nitrogen and oxygen atoms in total. The van der Waals surface area contributed by atoms with Crippen molar-refractivity contribution in [3.05, 3.63) is 59.4 Å². The second kappa shape index (κ2) is 8.26. The molecule has 0 unspecified atom stereocenters. The van der Waals surface area contributed by atoms with Crippen molar-refractivity contribution in [2.75, 3.05) is 13.1 Å². The maximum absolute atomic E-state index is 13.7. The minimum atomic E-state index is -5.15. The van der Waals surface area contributed by atoms with Gasteiger partial charge in [0.05, 0.1) is 5.52 Å². The number of nitrogens with zero attached hydrogens (tertiary/aromatic N) is 2. The lowest BCUT2D eigenvalue weighted by atomic mass is 9.97. The Morgan fingerprint density at radius 1 is 1.13 bits per heavy atom. The fourth-order valence-electron chi connectivity index (χ4n) is 3.82. The maximum Gasteiger partial charge on any atom is 0.491 e. The quantitative estimate of drug-likeness (QED) is 0.374. The first-order chi connectivity index (χ1) is 14.7. The predicted octanol–water partition coefficient (Wildman–Crippen LogP) is 4.30. The number of ether oxygens (including phenoxy) is 1. The number of carbonyl (C=O) groups excluding carboxylic acids is 1. The highest BCUT2D eigenvalue weighted by Crippen LogP contribution is 2.34. The second-order valence-electron chi connectivity index (χ2n) is 7.37. The Hall–Kier alpha value is -3.01. The van der Waals surface area contributed by atoms with E-state index in [1.165, 1.54) is 24.3 Å². The summed E-state index contributed by atoms with van der Waals surface area (Å²) in [5, 5.41) is 3.23. The number of aromatic nitrogens is 2. The van der Waals surface area contributed by atoms with Gasteiger partial charge in [0, 0.05) is 18.5 Å². The van der Waals surface area contributed by atoms with Crippen LogP contribution in [0.1, 0.15) is 30.1 Å². The van der Waals surface area contributed by atoms with Crippen molar-refractivity contribution in [1.29, 1.82) is 0 Å². The zero-order chi connectivity index (χ0) is 22.2. The molecule has 1 aliphatic heterocycles. The van der Waals surface area contributed by atoms with Gasteiger partial charge in [0.15, 0.2) is 5.75 Å². The molecule has 2 heterocycles. The van der Waals surface area contributed by atoms with Crippen molar-refractivity contribution >= 4 is 17.0 Å². The topological polar surface area (TPSA) is 56.1 Å². The molecule has 31 heavy (non-hydrogen) atoms. The number of imidazole rings is 1. The van der Waals surface area contributed by atoms with E-state index < -0.39 is 23.8 Å². The Balaban J connectivity index is 1.81. The Bertz CT molecular complexity index is 1100. The first-order valence-electron chi connectivity index (χ1n) is 9.66. The number of benzene rings is 2. The molecule has 1 N–H and O–H groups in total. The van der Waals surface area contributed by atoms with Crippen LogP contribution in [0.25, 0.3) is 11.0 Å². The van der Waals surface area contributed by atoms with E-state index >= 15 is 0 Å². The zero-order valence-electron chi connectivity index (χ0n) is 16.2. The summed E-state index contributed by atoms with van der Waals surface area (Å²) < 4.78 is 71.8. The molecule has 1 saturated heterocycles. The molecule has 0 amide bonds. The Kier molecular flexibility index (Phi) is 5.65. The average Bonchev–Trinajstić information content (AvgIpc) is 3.06. The van der Waals surface area contributed by atoms with Gasteiger partial charge < -0.3 is 14.6 Å². The van der Waals surface area contributed by atoms with Gasteiger partial charge in [-0.3, -0.25) is 0 Å². The maximum atomic E-state index is 13.7. The van der Waals surface area contributed by atoms with Crippen LogP contribution in [0.5, 0.6) is 5.75 Å². The van der Waals surface area contributed by atoms with Gasteiger partial charge >= 0.3 is 12.1 Å². The van der Waals surface area contributed by atoms with E-state index in [4.69, 9.17) is 0 Å². The predicted molar refractivity (Wildman–Crippen MR) is 102 cm³/mol.